The third-order valence-corrected chi connectivity index (χ3v) is 6.24. The fourth-order valence-corrected chi connectivity index (χ4v) is 4.42. The largest absolute Gasteiger partial charge is 0.496 e. The monoisotopic (exact) mass is 440 g/mol. The molecule has 2 aromatic carbocycles. The number of para-hydroxylation sites is 1. The predicted octanol–water partition coefficient (Wildman–Crippen LogP) is 4.31. The number of nitrogens with zero attached hydrogens (tertiary/aromatic N) is 1. The quantitative estimate of drug-likeness (QED) is 0.619. The number of hydrogen-bond acceptors (Lipinski definition) is 4. The van der Waals surface area contributed by atoms with Gasteiger partial charge in [0.2, 0.25) is 10.0 Å². The number of ether oxygens (including phenoxy) is 1. The van der Waals surface area contributed by atoms with Gasteiger partial charge in [0.15, 0.2) is 0 Å². The summed E-state index contributed by atoms with van der Waals surface area (Å²) in [7, 11) is -1.98. The zero-order valence-electron chi connectivity index (χ0n) is 18.5. The van der Waals surface area contributed by atoms with Gasteiger partial charge in [-0.25, -0.2) is 8.42 Å². The number of pyridine rings is 1. The van der Waals surface area contributed by atoms with Crippen molar-refractivity contribution in [3.05, 3.63) is 82.3 Å². The second-order valence-corrected chi connectivity index (χ2v) is 10.4. The lowest BCUT2D eigenvalue weighted by molar-refractivity contribution is 0.397. The molecule has 3 rings (SSSR count). The molecule has 0 fully saturated rings. The molecular formula is C24H28N2O4S. The van der Waals surface area contributed by atoms with E-state index in [1.165, 1.54) is 10.6 Å². The normalized spacial score (nSPS) is 11.9. The number of sulfonamides is 1. The molecule has 1 heterocycles. The number of benzene rings is 2. The van der Waals surface area contributed by atoms with Crippen LogP contribution in [0.25, 0.3) is 11.1 Å². The van der Waals surface area contributed by atoms with Crippen molar-refractivity contribution in [2.75, 3.05) is 17.7 Å². The van der Waals surface area contributed by atoms with Crippen molar-refractivity contribution in [1.29, 1.82) is 0 Å². The fraction of sp³-hybridized carbons (Fsp3) is 0.292. The standard InChI is InChI=1S/C24H28N2O4S/c1-24(2,3)21-15-20(19-12-9-13-25-23(19)27)17(14-22(21)30-4)16-26(31(5,28)29)18-10-7-6-8-11-18/h6-15H,16H2,1-5H3,(H,25,27). The fourth-order valence-electron chi connectivity index (χ4n) is 3.54. The summed E-state index contributed by atoms with van der Waals surface area (Å²) in [5.74, 6) is 0.653. The van der Waals surface area contributed by atoms with Crippen LogP contribution in [0.2, 0.25) is 0 Å². The van der Waals surface area contributed by atoms with Gasteiger partial charge in [0.05, 0.1) is 25.6 Å². The van der Waals surface area contributed by atoms with Crippen molar-refractivity contribution in [3.63, 3.8) is 0 Å². The molecule has 1 N–H and O–H groups in total. The second-order valence-electron chi connectivity index (χ2n) is 8.48. The summed E-state index contributed by atoms with van der Waals surface area (Å²) in [6, 6.07) is 16.2. The predicted molar refractivity (Wildman–Crippen MR) is 125 cm³/mol. The minimum atomic E-state index is -3.58. The highest BCUT2D eigenvalue weighted by molar-refractivity contribution is 7.92. The van der Waals surface area contributed by atoms with E-state index >= 15 is 0 Å². The first-order valence-corrected chi connectivity index (χ1v) is 11.8. The van der Waals surface area contributed by atoms with E-state index in [4.69, 9.17) is 4.74 Å². The number of methoxy groups -OCH3 is 1. The lowest BCUT2D eigenvalue weighted by Gasteiger charge is -2.27. The Bertz CT molecular complexity index is 1230. The van der Waals surface area contributed by atoms with E-state index in [0.29, 0.717) is 28.1 Å². The molecule has 1 aromatic heterocycles. The highest BCUT2D eigenvalue weighted by Crippen LogP contribution is 2.38. The van der Waals surface area contributed by atoms with Gasteiger partial charge < -0.3 is 9.72 Å². The Balaban J connectivity index is 2.27. The molecule has 6 nitrogen and oxygen atoms in total. The minimum absolute atomic E-state index is 0.0628. The maximum absolute atomic E-state index is 12.7. The molecule has 164 valence electrons. The molecule has 0 saturated carbocycles. The molecule has 0 aliphatic rings. The summed E-state index contributed by atoms with van der Waals surface area (Å²) in [4.78, 5) is 15.3. The van der Waals surface area contributed by atoms with Gasteiger partial charge in [0.25, 0.3) is 5.56 Å². The van der Waals surface area contributed by atoms with Crippen LogP contribution in [0.5, 0.6) is 5.75 Å². The smallest absolute Gasteiger partial charge is 0.255 e. The van der Waals surface area contributed by atoms with Crippen LogP contribution in [0.1, 0.15) is 31.9 Å². The highest BCUT2D eigenvalue weighted by atomic mass is 32.2. The number of nitrogens with one attached hydrogen (secondary N) is 1. The molecule has 0 atom stereocenters. The Morgan fingerprint density at radius 3 is 2.23 bits per heavy atom. The third kappa shape index (κ3) is 4.99. The topological polar surface area (TPSA) is 79.5 Å². The summed E-state index contributed by atoms with van der Waals surface area (Å²) in [6.07, 6.45) is 2.75. The Morgan fingerprint density at radius 1 is 1.00 bits per heavy atom. The van der Waals surface area contributed by atoms with Crippen molar-refractivity contribution in [2.45, 2.75) is 32.7 Å². The average Bonchev–Trinajstić information content (AvgIpc) is 2.71. The van der Waals surface area contributed by atoms with E-state index in [9.17, 15) is 13.2 Å². The Hall–Kier alpha value is -3.06. The van der Waals surface area contributed by atoms with Gasteiger partial charge in [-0.2, -0.15) is 0 Å². The maximum atomic E-state index is 12.7. The molecule has 0 bridgehead atoms. The molecule has 0 unspecified atom stereocenters. The van der Waals surface area contributed by atoms with Gasteiger partial charge in [0, 0.05) is 17.3 Å². The van der Waals surface area contributed by atoms with E-state index in [2.05, 4.69) is 25.8 Å². The Morgan fingerprint density at radius 2 is 1.68 bits per heavy atom. The van der Waals surface area contributed by atoms with Crippen LogP contribution in [-0.4, -0.2) is 26.8 Å². The molecule has 0 radical (unpaired) electrons. The van der Waals surface area contributed by atoms with E-state index < -0.39 is 10.0 Å². The van der Waals surface area contributed by atoms with Crippen molar-refractivity contribution < 1.29 is 13.2 Å². The number of aromatic amines is 1. The van der Waals surface area contributed by atoms with Gasteiger partial charge in [-0.15, -0.1) is 0 Å². The number of H-pyrrole nitrogens is 1. The molecule has 0 amide bonds. The molecule has 0 aliphatic carbocycles. The highest BCUT2D eigenvalue weighted by Gasteiger charge is 2.25. The van der Waals surface area contributed by atoms with E-state index in [1.54, 1.807) is 49.7 Å². The summed E-state index contributed by atoms with van der Waals surface area (Å²) >= 11 is 0. The minimum Gasteiger partial charge on any atom is -0.496 e. The van der Waals surface area contributed by atoms with Crippen molar-refractivity contribution in [2.24, 2.45) is 0 Å². The molecule has 3 aromatic rings. The van der Waals surface area contributed by atoms with E-state index in [1.807, 2.05) is 18.2 Å². The van der Waals surface area contributed by atoms with Gasteiger partial charge in [0.1, 0.15) is 5.75 Å². The van der Waals surface area contributed by atoms with Crippen LogP contribution < -0.4 is 14.6 Å². The van der Waals surface area contributed by atoms with Crippen LogP contribution in [-0.2, 0) is 22.0 Å². The lowest BCUT2D eigenvalue weighted by atomic mass is 9.83. The van der Waals surface area contributed by atoms with Crippen LogP contribution in [0.4, 0.5) is 5.69 Å². The first-order valence-electron chi connectivity index (χ1n) is 9.94. The Labute approximate surface area is 183 Å². The van der Waals surface area contributed by atoms with Crippen LogP contribution in [0.15, 0.2) is 65.6 Å². The van der Waals surface area contributed by atoms with Crippen LogP contribution in [0.3, 0.4) is 0 Å². The first-order chi connectivity index (χ1) is 14.5. The zero-order chi connectivity index (χ0) is 22.8. The summed E-state index contributed by atoms with van der Waals surface area (Å²) in [5, 5.41) is 0. The Kier molecular flexibility index (Phi) is 6.27. The van der Waals surface area contributed by atoms with E-state index in [0.717, 1.165) is 5.56 Å². The molecule has 7 heteroatoms. The van der Waals surface area contributed by atoms with E-state index in [-0.39, 0.29) is 17.5 Å². The number of hydrogen-bond donors (Lipinski definition) is 1. The van der Waals surface area contributed by atoms with Gasteiger partial charge in [-0.3, -0.25) is 9.10 Å². The van der Waals surface area contributed by atoms with Gasteiger partial charge >= 0.3 is 0 Å². The SMILES string of the molecule is COc1cc(CN(c2ccccc2)S(C)(=O)=O)c(-c2ccc[nH]c2=O)cc1C(C)(C)C. The summed E-state index contributed by atoms with van der Waals surface area (Å²) < 4.78 is 32.3. The summed E-state index contributed by atoms with van der Waals surface area (Å²) in [5.41, 5.74) is 2.84. The van der Waals surface area contributed by atoms with Crippen LogP contribution >= 0.6 is 0 Å². The second kappa shape index (κ2) is 8.59. The summed E-state index contributed by atoms with van der Waals surface area (Å²) in [6.45, 7) is 6.26. The maximum Gasteiger partial charge on any atom is 0.255 e. The third-order valence-electron chi connectivity index (χ3n) is 5.10. The molecule has 0 aliphatic heterocycles. The molecule has 31 heavy (non-hydrogen) atoms. The van der Waals surface area contributed by atoms with Gasteiger partial charge in [-0.1, -0.05) is 39.0 Å². The molecular weight excluding hydrogens is 412 g/mol. The number of anilines is 1. The van der Waals surface area contributed by atoms with Crippen molar-refractivity contribution >= 4 is 15.7 Å². The molecule has 0 saturated heterocycles. The van der Waals surface area contributed by atoms with Crippen molar-refractivity contribution in [3.8, 4) is 16.9 Å². The van der Waals surface area contributed by atoms with Crippen LogP contribution in [0, 0.1) is 0 Å². The average molecular weight is 441 g/mol. The van der Waals surface area contributed by atoms with Crippen molar-refractivity contribution in [1.82, 2.24) is 4.98 Å². The zero-order valence-corrected chi connectivity index (χ0v) is 19.3. The first kappa shape index (κ1) is 22.6. The van der Waals surface area contributed by atoms with Gasteiger partial charge in [-0.05, 0) is 52.9 Å². The number of aromatic nitrogens is 1. The molecule has 0 spiro atoms. The lowest BCUT2D eigenvalue weighted by Crippen LogP contribution is -2.30. The number of rotatable bonds is 6.